The number of pyridine rings is 2. The monoisotopic (exact) mass is 443 g/mol. The fourth-order valence-corrected chi connectivity index (χ4v) is 4.93. The van der Waals surface area contributed by atoms with E-state index in [1.807, 2.05) is 32.4 Å². The number of allylic oxidation sites excluding steroid dienone is 7. The first-order valence-corrected chi connectivity index (χ1v) is 12.2. The van der Waals surface area contributed by atoms with Crippen molar-refractivity contribution in [3.8, 4) is 0 Å². The molecule has 0 bridgehead atoms. The highest BCUT2D eigenvalue weighted by atomic mass is 16.0. The number of likely N-dealkylation sites (tertiary alicyclic amines) is 1. The minimum atomic E-state index is 0. The molecule has 5 rings (SSSR count). The topological polar surface area (TPSA) is 60.5 Å². The summed E-state index contributed by atoms with van der Waals surface area (Å²) in [5.74, 6) is 0. The summed E-state index contributed by atoms with van der Waals surface area (Å²) >= 11 is 0. The van der Waals surface area contributed by atoms with Crippen molar-refractivity contribution in [3.05, 3.63) is 101 Å². The van der Waals surface area contributed by atoms with E-state index in [-0.39, 0.29) is 5.48 Å². The molecule has 2 aliphatic carbocycles. The molecule has 174 valence electrons. The van der Waals surface area contributed by atoms with Gasteiger partial charge in [0.05, 0.1) is 5.69 Å². The third-order valence-corrected chi connectivity index (χ3v) is 6.48. The Labute approximate surface area is 198 Å². The second kappa shape index (κ2) is 12.4. The zero-order valence-electron chi connectivity index (χ0n) is 20.1. The van der Waals surface area contributed by atoms with Gasteiger partial charge in [-0.25, -0.2) is 0 Å². The van der Waals surface area contributed by atoms with Crippen molar-refractivity contribution >= 4 is 5.57 Å². The van der Waals surface area contributed by atoms with Crippen LogP contribution in [0.2, 0.25) is 0 Å². The van der Waals surface area contributed by atoms with Gasteiger partial charge < -0.3 is 5.48 Å². The van der Waals surface area contributed by atoms with E-state index >= 15 is 0 Å². The molecule has 1 fully saturated rings. The van der Waals surface area contributed by atoms with Gasteiger partial charge in [-0.05, 0) is 79.0 Å². The van der Waals surface area contributed by atoms with Crippen molar-refractivity contribution in [2.75, 3.05) is 13.1 Å². The molecule has 0 unspecified atom stereocenters. The van der Waals surface area contributed by atoms with Crippen LogP contribution in [0.3, 0.4) is 0 Å². The molecule has 33 heavy (non-hydrogen) atoms. The Bertz CT molecular complexity index is 1020. The summed E-state index contributed by atoms with van der Waals surface area (Å²) in [4.78, 5) is 11.6. The quantitative estimate of drug-likeness (QED) is 0.582. The predicted octanol–water partition coefficient (Wildman–Crippen LogP) is 5.88. The molecule has 0 spiro atoms. The maximum Gasteiger partial charge on any atom is 0.0739 e. The minimum Gasteiger partial charge on any atom is -0.412 e. The van der Waals surface area contributed by atoms with Gasteiger partial charge in [0, 0.05) is 43.8 Å². The Hall–Kier alpha value is -2.82. The van der Waals surface area contributed by atoms with Crippen molar-refractivity contribution in [1.82, 2.24) is 14.9 Å². The summed E-state index contributed by atoms with van der Waals surface area (Å²) in [6.45, 7) is 7.22. The van der Waals surface area contributed by atoms with Crippen molar-refractivity contribution < 1.29 is 5.48 Å². The molecule has 0 saturated carbocycles. The molecule has 0 amide bonds. The second-order valence-electron chi connectivity index (χ2n) is 8.45. The molecule has 3 heterocycles. The Balaban J connectivity index is 0.000000994. The number of piperidine rings is 1. The SMILES string of the molecule is C1=CC2=C(C=CC1)C(=C1CCN(Cc3ccncc3)CC1)c1ncccc1CCC2.CC.O. The van der Waals surface area contributed by atoms with Crippen molar-refractivity contribution in [2.45, 2.75) is 58.9 Å². The first kappa shape index (κ1) is 24.8. The molecule has 4 heteroatoms. The summed E-state index contributed by atoms with van der Waals surface area (Å²) in [5, 5.41) is 0. The first-order chi connectivity index (χ1) is 15.9. The number of aryl methyl sites for hydroxylation is 1. The van der Waals surface area contributed by atoms with Gasteiger partial charge in [-0.2, -0.15) is 0 Å². The highest BCUT2D eigenvalue weighted by Gasteiger charge is 2.24. The van der Waals surface area contributed by atoms with Gasteiger partial charge in [-0.3, -0.25) is 14.9 Å². The lowest BCUT2D eigenvalue weighted by atomic mass is 9.83. The summed E-state index contributed by atoms with van der Waals surface area (Å²) in [5.41, 5.74) is 9.89. The van der Waals surface area contributed by atoms with Crippen LogP contribution in [0.15, 0.2) is 83.9 Å². The molecular weight excluding hydrogens is 406 g/mol. The molecule has 3 aliphatic rings. The second-order valence-corrected chi connectivity index (χ2v) is 8.45. The Morgan fingerprint density at radius 2 is 1.64 bits per heavy atom. The minimum absolute atomic E-state index is 0. The average molecular weight is 444 g/mol. The van der Waals surface area contributed by atoms with Gasteiger partial charge in [0.1, 0.15) is 0 Å². The summed E-state index contributed by atoms with van der Waals surface area (Å²) in [6, 6.07) is 8.63. The molecule has 1 saturated heterocycles. The van der Waals surface area contributed by atoms with Crippen LogP contribution in [0.5, 0.6) is 0 Å². The molecule has 2 aromatic rings. The number of rotatable bonds is 2. The molecule has 1 aliphatic heterocycles. The Kier molecular flexibility index (Phi) is 9.35. The van der Waals surface area contributed by atoms with Gasteiger partial charge in [0.15, 0.2) is 0 Å². The van der Waals surface area contributed by atoms with Crippen LogP contribution in [0, 0.1) is 0 Å². The Morgan fingerprint density at radius 3 is 2.42 bits per heavy atom. The van der Waals surface area contributed by atoms with Crippen molar-refractivity contribution in [2.24, 2.45) is 0 Å². The maximum absolute atomic E-state index is 4.92. The zero-order valence-corrected chi connectivity index (χ0v) is 20.1. The van der Waals surface area contributed by atoms with E-state index in [9.17, 15) is 0 Å². The molecule has 2 aromatic heterocycles. The predicted molar refractivity (Wildman–Crippen MR) is 138 cm³/mol. The van der Waals surface area contributed by atoms with Gasteiger partial charge in [-0.15, -0.1) is 0 Å². The highest BCUT2D eigenvalue weighted by Crippen LogP contribution is 2.39. The van der Waals surface area contributed by atoms with Crippen molar-refractivity contribution in [1.29, 1.82) is 0 Å². The van der Waals surface area contributed by atoms with Crippen molar-refractivity contribution in [3.63, 3.8) is 0 Å². The molecule has 0 radical (unpaired) electrons. The largest absolute Gasteiger partial charge is 0.412 e. The maximum atomic E-state index is 4.92. The van der Waals surface area contributed by atoms with Gasteiger partial charge in [0.25, 0.3) is 0 Å². The summed E-state index contributed by atoms with van der Waals surface area (Å²) in [7, 11) is 0. The van der Waals surface area contributed by atoms with E-state index in [0.717, 1.165) is 51.7 Å². The Morgan fingerprint density at radius 1 is 0.879 bits per heavy atom. The molecule has 0 aromatic carbocycles. The fraction of sp³-hybridized carbons (Fsp3) is 0.379. The fourth-order valence-electron chi connectivity index (χ4n) is 4.93. The average Bonchev–Trinajstić information content (AvgIpc) is 3.07. The summed E-state index contributed by atoms with van der Waals surface area (Å²) < 4.78 is 0. The third-order valence-electron chi connectivity index (χ3n) is 6.48. The number of hydrogen-bond donors (Lipinski definition) is 0. The number of fused-ring (bicyclic) bond motifs is 1. The van der Waals surface area contributed by atoms with Gasteiger partial charge in [0.2, 0.25) is 0 Å². The summed E-state index contributed by atoms with van der Waals surface area (Å²) in [6.07, 6.45) is 21.8. The van der Waals surface area contributed by atoms with Gasteiger partial charge >= 0.3 is 0 Å². The molecule has 2 N–H and O–H groups in total. The van der Waals surface area contributed by atoms with E-state index in [0.29, 0.717) is 0 Å². The number of nitrogens with zero attached hydrogens (tertiary/aromatic N) is 3. The van der Waals surface area contributed by atoms with E-state index in [1.54, 1.807) is 5.57 Å². The van der Waals surface area contributed by atoms with Crippen LogP contribution in [0.25, 0.3) is 5.57 Å². The lowest BCUT2D eigenvalue weighted by Crippen LogP contribution is -2.30. The number of hydrogen-bond acceptors (Lipinski definition) is 3. The normalized spacial score (nSPS) is 18.1. The molecular formula is C29H37N3O. The van der Waals surface area contributed by atoms with Crippen LogP contribution < -0.4 is 0 Å². The van der Waals surface area contributed by atoms with E-state index < -0.39 is 0 Å². The standard InChI is InChI=1S/C27H29N3.C2H6.H2O/c1-2-6-22-7-4-8-24-9-5-15-29-27(24)26(25(22)10-3-1)23-13-18-30(19-14-23)20-21-11-16-28-17-12-21;1-2;/h2-3,5-6,9-12,15-17H,1,4,7-8,13-14,18-20H2;1-2H3;1H2. The number of aromatic nitrogens is 2. The molecule has 0 atom stereocenters. The smallest absolute Gasteiger partial charge is 0.0739 e. The van der Waals surface area contributed by atoms with E-state index in [1.165, 1.54) is 40.0 Å². The first-order valence-electron chi connectivity index (χ1n) is 12.2. The van der Waals surface area contributed by atoms with Crippen LogP contribution in [-0.2, 0) is 13.0 Å². The van der Waals surface area contributed by atoms with Gasteiger partial charge in [-0.1, -0.05) is 49.8 Å². The van der Waals surface area contributed by atoms with Crippen LogP contribution in [0.4, 0.5) is 0 Å². The highest BCUT2D eigenvalue weighted by molar-refractivity contribution is 5.85. The zero-order chi connectivity index (χ0) is 22.2. The van der Waals surface area contributed by atoms with Crippen LogP contribution >= 0.6 is 0 Å². The lowest BCUT2D eigenvalue weighted by Gasteiger charge is -2.31. The van der Waals surface area contributed by atoms with Crippen LogP contribution in [0.1, 0.15) is 62.8 Å². The van der Waals surface area contributed by atoms with E-state index in [4.69, 9.17) is 4.98 Å². The lowest BCUT2D eigenvalue weighted by molar-refractivity contribution is 0.248. The van der Waals surface area contributed by atoms with E-state index in [2.05, 4.69) is 58.5 Å². The third kappa shape index (κ3) is 5.95. The van der Waals surface area contributed by atoms with Crippen LogP contribution in [-0.4, -0.2) is 33.4 Å². The molecule has 4 nitrogen and oxygen atoms in total.